The smallest absolute Gasteiger partial charge is 0.405 e. The number of unbranched alkanes of at least 4 members (excludes halogenated alkanes) is 1. The summed E-state index contributed by atoms with van der Waals surface area (Å²) in [6, 6.07) is 5.79. The first kappa shape index (κ1) is 18.8. The zero-order chi connectivity index (χ0) is 19.4. The van der Waals surface area contributed by atoms with Gasteiger partial charge in [0.1, 0.15) is 11.3 Å². The van der Waals surface area contributed by atoms with Crippen LogP contribution in [0.3, 0.4) is 0 Å². The maximum absolute atomic E-state index is 12.6. The molecular formula is C17H14F3N5OS. The van der Waals surface area contributed by atoms with Crippen LogP contribution in [0, 0.1) is 17.8 Å². The van der Waals surface area contributed by atoms with Gasteiger partial charge in [-0.05, 0) is 30.3 Å². The molecule has 0 unspecified atom stereocenters. The highest BCUT2D eigenvalue weighted by atomic mass is 32.2. The summed E-state index contributed by atoms with van der Waals surface area (Å²) in [5.41, 5.74) is 0.885. The number of benzene rings is 1. The number of ether oxygens (including phenoxy) is 1. The number of alkyl halides is 3. The highest BCUT2D eigenvalue weighted by molar-refractivity contribution is 7.99. The van der Waals surface area contributed by atoms with E-state index in [1.54, 1.807) is 10.6 Å². The second-order valence-electron chi connectivity index (χ2n) is 5.43. The third kappa shape index (κ3) is 4.62. The molecule has 2 N–H and O–H groups in total. The monoisotopic (exact) mass is 393 g/mol. The Morgan fingerprint density at radius 3 is 2.85 bits per heavy atom. The van der Waals surface area contributed by atoms with Crippen molar-refractivity contribution in [3.8, 4) is 18.1 Å². The van der Waals surface area contributed by atoms with Crippen LogP contribution >= 0.6 is 11.8 Å². The Labute approximate surface area is 156 Å². The number of aromatic nitrogens is 4. The minimum absolute atomic E-state index is 0.00243. The lowest BCUT2D eigenvalue weighted by Crippen LogP contribution is -2.17. The molecule has 3 aromatic rings. The van der Waals surface area contributed by atoms with Crippen molar-refractivity contribution in [2.45, 2.75) is 35.8 Å². The standard InChI is InChI=1S/C17H14F3N5OS/c1-2-3-6-9-25-10-22-14(21)13-15(25)24-16(23-13)27-12-8-5-4-7-11(12)26-17(18,19)20/h1,4-5,7-8,10,21H,3,6,9H2,(H,23,24). The lowest BCUT2D eigenvalue weighted by Gasteiger charge is -2.11. The fourth-order valence-electron chi connectivity index (χ4n) is 2.37. The van der Waals surface area contributed by atoms with Crippen molar-refractivity contribution in [1.82, 2.24) is 19.5 Å². The highest BCUT2D eigenvalue weighted by Gasteiger charge is 2.32. The predicted molar refractivity (Wildman–Crippen MR) is 93.0 cm³/mol. The van der Waals surface area contributed by atoms with E-state index >= 15 is 0 Å². The summed E-state index contributed by atoms with van der Waals surface area (Å²) in [6.45, 7) is 0.566. The fourth-order valence-corrected chi connectivity index (χ4v) is 3.22. The number of nitrogens with one attached hydrogen (secondary N) is 2. The lowest BCUT2D eigenvalue weighted by molar-refractivity contribution is -0.275. The summed E-state index contributed by atoms with van der Waals surface area (Å²) >= 11 is 0.978. The Morgan fingerprint density at radius 2 is 2.11 bits per heavy atom. The van der Waals surface area contributed by atoms with Gasteiger partial charge < -0.3 is 14.3 Å². The van der Waals surface area contributed by atoms with Crippen molar-refractivity contribution in [2.24, 2.45) is 0 Å². The molecule has 0 amide bonds. The number of para-hydroxylation sites is 1. The molecule has 3 rings (SSSR count). The second-order valence-corrected chi connectivity index (χ2v) is 6.46. The highest BCUT2D eigenvalue weighted by Crippen LogP contribution is 2.36. The lowest BCUT2D eigenvalue weighted by atomic mass is 10.3. The molecule has 27 heavy (non-hydrogen) atoms. The van der Waals surface area contributed by atoms with E-state index in [-0.39, 0.29) is 16.1 Å². The van der Waals surface area contributed by atoms with Crippen molar-refractivity contribution in [3.05, 3.63) is 36.1 Å². The van der Waals surface area contributed by atoms with Gasteiger partial charge >= 0.3 is 6.36 Å². The molecule has 10 heteroatoms. The summed E-state index contributed by atoms with van der Waals surface area (Å²) in [4.78, 5) is 11.6. The topological polar surface area (TPSA) is 79.6 Å². The molecule has 0 saturated carbocycles. The molecule has 0 aliphatic carbocycles. The van der Waals surface area contributed by atoms with E-state index in [1.165, 1.54) is 24.5 Å². The van der Waals surface area contributed by atoms with Crippen molar-refractivity contribution >= 4 is 22.9 Å². The molecule has 2 aromatic heterocycles. The van der Waals surface area contributed by atoms with Gasteiger partial charge in [-0.15, -0.1) is 25.5 Å². The van der Waals surface area contributed by atoms with Crippen LogP contribution in [0.1, 0.15) is 12.8 Å². The molecule has 0 fully saturated rings. The number of nitrogens with zero attached hydrogens (tertiary/aromatic N) is 3. The van der Waals surface area contributed by atoms with Crippen molar-refractivity contribution in [3.63, 3.8) is 0 Å². The maximum Gasteiger partial charge on any atom is 0.573 e. The molecule has 1 aromatic carbocycles. The molecule has 0 bridgehead atoms. The zero-order valence-corrected chi connectivity index (χ0v) is 14.7. The van der Waals surface area contributed by atoms with E-state index < -0.39 is 6.36 Å². The third-order valence-corrected chi connectivity index (χ3v) is 4.44. The van der Waals surface area contributed by atoms with Gasteiger partial charge in [-0.25, -0.2) is 9.97 Å². The van der Waals surface area contributed by atoms with Crippen LogP contribution in [0.2, 0.25) is 0 Å². The number of H-pyrrole nitrogens is 1. The maximum atomic E-state index is 12.6. The molecule has 2 heterocycles. The average Bonchev–Trinajstić information content (AvgIpc) is 3.02. The quantitative estimate of drug-likeness (QED) is 0.494. The van der Waals surface area contributed by atoms with Crippen LogP contribution in [0.15, 0.2) is 40.6 Å². The van der Waals surface area contributed by atoms with Crippen LogP contribution < -0.4 is 10.2 Å². The van der Waals surface area contributed by atoms with Gasteiger partial charge in [0.2, 0.25) is 0 Å². The van der Waals surface area contributed by atoms with Gasteiger partial charge in [0.05, 0.1) is 11.2 Å². The molecular weight excluding hydrogens is 379 g/mol. The summed E-state index contributed by atoms with van der Waals surface area (Å²) in [5.74, 6) is 2.23. The molecule has 0 atom stereocenters. The van der Waals surface area contributed by atoms with Gasteiger partial charge in [-0.2, -0.15) is 0 Å². The molecule has 0 radical (unpaired) electrons. The van der Waals surface area contributed by atoms with Gasteiger partial charge in [0.25, 0.3) is 0 Å². The van der Waals surface area contributed by atoms with Crippen LogP contribution in [-0.4, -0.2) is 25.9 Å². The van der Waals surface area contributed by atoms with Crippen molar-refractivity contribution in [1.29, 1.82) is 5.41 Å². The Bertz CT molecular complexity index is 1050. The minimum Gasteiger partial charge on any atom is -0.405 e. The molecule has 0 saturated heterocycles. The summed E-state index contributed by atoms with van der Waals surface area (Å²) < 4.78 is 43.5. The largest absolute Gasteiger partial charge is 0.573 e. The second kappa shape index (κ2) is 7.75. The number of hydrogen-bond donors (Lipinski definition) is 2. The number of rotatable bonds is 6. The van der Waals surface area contributed by atoms with Crippen LogP contribution in [0.25, 0.3) is 11.2 Å². The fraction of sp³-hybridized carbons (Fsp3) is 0.235. The number of aromatic amines is 1. The summed E-state index contributed by atoms with van der Waals surface area (Å²) in [6.07, 6.45) is 3.27. The summed E-state index contributed by atoms with van der Waals surface area (Å²) in [5, 5.41) is 8.25. The van der Waals surface area contributed by atoms with E-state index in [4.69, 9.17) is 11.8 Å². The first-order chi connectivity index (χ1) is 12.9. The van der Waals surface area contributed by atoms with E-state index in [2.05, 4.69) is 25.6 Å². The SMILES string of the molecule is C#CCCCn1cnc(=N)c2[nH]c(Sc3ccccc3OC(F)(F)F)nc21. The minimum atomic E-state index is -4.79. The molecule has 140 valence electrons. The Kier molecular flexibility index (Phi) is 5.41. The zero-order valence-electron chi connectivity index (χ0n) is 13.9. The summed E-state index contributed by atoms with van der Waals surface area (Å²) in [7, 11) is 0. The first-order valence-electron chi connectivity index (χ1n) is 7.83. The van der Waals surface area contributed by atoms with Crippen LogP contribution in [-0.2, 0) is 6.54 Å². The number of fused-ring (bicyclic) bond motifs is 1. The van der Waals surface area contributed by atoms with E-state index in [1.807, 2.05) is 0 Å². The predicted octanol–water partition coefficient (Wildman–Crippen LogP) is 3.70. The van der Waals surface area contributed by atoms with Gasteiger partial charge in [-0.1, -0.05) is 12.1 Å². The Hall–Kier alpha value is -2.93. The number of halogens is 3. The molecule has 0 aliphatic rings. The Balaban J connectivity index is 1.93. The Morgan fingerprint density at radius 1 is 1.33 bits per heavy atom. The van der Waals surface area contributed by atoms with Crippen LogP contribution in [0.5, 0.6) is 5.75 Å². The average molecular weight is 393 g/mol. The normalized spacial score (nSPS) is 11.5. The van der Waals surface area contributed by atoms with E-state index in [0.717, 1.165) is 11.8 Å². The number of aryl methyl sites for hydroxylation is 1. The van der Waals surface area contributed by atoms with Crippen LogP contribution in [0.4, 0.5) is 13.2 Å². The number of terminal acetylenes is 1. The molecule has 6 nitrogen and oxygen atoms in total. The van der Waals surface area contributed by atoms with Gasteiger partial charge in [0, 0.05) is 13.0 Å². The van der Waals surface area contributed by atoms with Gasteiger partial charge in [0.15, 0.2) is 16.3 Å². The van der Waals surface area contributed by atoms with Crippen molar-refractivity contribution in [2.75, 3.05) is 0 Å². The first-order valence-corrected chi connectivity index (χ1v) is 8.65. The number of imidazole rings is 1. The molecule has 0 aliphatic heterocycles. The van der Waals surface area contributed by atoms with Crippen molar-refractivity contribution < 1.29 is 17.9 Å². The third-order valence-electron chi connectivity index (χ3n) is 3.50. The van der Waals surface area contributed by atoms with Gasteiger partial charge in [-0.3, -0.25) is 5.41 Å². The van der Waals surface area contributed by atoms with E-state index in [9.17, 15) is 13.2 Å². The molecule has 0 spiro atoms. The van der Waals surface area contributed by atoms with E-state index in [0.29, 0.717) is 35.7 Å². The number of hydrogen-bond acceptors (Lipinski definition) is 5.